The van der Waals surface area contributed by atoms with E-state index in [-0.39, 0.29) is 0 Å². The normalized spacial score (nSPS) is 15.0. The van der Waals surface area contributed by atoms with Gasteiger partial charge >= 0.3 is 0 Å². The summed E-state index contributed by atoms with van der Waals surface area (Å²) in [6, 6.07) is 10.3. The average Bonchev–Trinajstić information content (AvgIpc) is 3.17. The highest BCUT2D eigenvalue weighted by molar-refractivity contribution is 7.07. The molecule has 6 heteroatoms. The number of rotatable bonds is 3. The van der Waals surface area contributed by atoms with Gasteiger partial charge < -0.3 is 4.57 Å². The smallest absolute Gasteiger partial charge is 0.164 e. The van der Waals surface area contributed by atoms with Crippen LogP contribution in [0.15, 0.2) is 41.2 Å². The second kappa shape index (κ2) is 5.38. The third-order valence-corrected chi connectivity index (χ3v) is 4.37. The number of aromatic nitrogens is 4. The summed E-state index contributed by atoms with van der Waals surface area (Å²) in [7, 11) is 0. The summed E-state index contributed by atoms with van der Waals surface area (Å²) >= 11 is 1.64. The van der Waals surface area contributed by atoms with Crippen LogP contribution in [0.2, 0.25) is 0 Å². The van der Waals surface area contributed by atoms with E-state index in [2.05, 4.69) is 42.2 Å². The predicted octanol–water partition coefficient (Wildman–Crippen LogP) is 2.42. The molecule has 2 aromatic heterocycles. The van der Waals surface area contributed by atoms with E-state index in [0.717, 1.165) is 49.1 Å². The molecule has 0 atom stereocenters. The second-order valence-electron chi connectivity index (χ2n) is 5.15. The van der Waals surface area contributed by atoms with Gasteiger partial charge in [-0.25, -0.2) is 4.98 Å². The summed E-state index contributed by atoms with van der Waals surface area (Å²) in [5.74, 6) is 2.01. The van der Waals surface area contributed by atoms with Gasteiger partial charge in [0.1, 0.15) is 5.82 Å². The number of nitrogens with zero attached hydrogens (tertiary/aromatic N) is 5. The van der Waals surface area contributed by atoms with Crippen LogP contribution in [-0.2, 0) is 19.6 Å². The van der Waals surface area contributed by atoms with Gasteiger partial charge in [0.2, 0.25) is 0 Å². The van der Waals surface area contributed by atoms with Gasteiger partial charge in [0.25, 0.3) is 0 Å². The van der Waals surface area contributed by atoms with Crippen LogP contribution < -0.4 is 0 Å². The molecule has 3 heterocycles. The van der Waals surface area contributed by atoms with Gasteiger partial charge in [-0.15, -0.1) is 21.5 Å². The molecule has 5 nitrogen and oxygen atoms in total. The van der Waals surface area contributed by atoms with Gasteiger partial charge in [0, 0.05) is 30.6 Å². The van der Waals surface area contributed by atoms with Gasteiger partial charge in [0.05, 0.1) is 17.7 Å². The lowest BCUT2D eigenvalue weighted by Crippen LogP contribution is -2.33. The van der Waals surface area contributed by atoms with Gasteiger partial charge in [0.15, 0.2) is 5.82 Å². The lowest BCUT2D eigenvalue weighted by atomic mass is 10.2. The number of hydrogen-bond donors (Lipinski definition) is 0. The molecular weight excluding hydrogens is 282 g/mol. The quantitative estimate of drug-likeness (QED) is 0.745. The molecular formula is C15H15N5S. The van der Waals surface area contributed by atoms with E-state index < -0.39 is 0 Å². The van der Waals surface area contributed by atoms with E-state index in [4.69, 9.17) is 0 Å². The minimum atomic E-state index is 0.831. The van der Waals surface area contributed by atoms with Crippen molar-refractivity contribution in [1.82, 2.24) is 24.6 Å². The zero-order valence-electron chi connectivity index (χ0n) is 11.5. The van der Waals surface area contributed by atoms with Gasteiger partial charge in [-0.1, -0.05) is 30.3 Å². The molecule has 0 fully saturated rings. The lowest BCUT2D eigenvalue weighted by molar-refractivity contribution is 0.207. The Kier molecular flexibility index (Phi) is 3.25. The maximum absolute atomic E-state index is 4.37. The monoisotopic (exact) mass is 297 g/mol. The van der Waals surface area contributed by atoms with Crippen molar-refractivity contribution in [2.75, 3.05) is 6.54 Å². The standard InChI is InChI=1S/C15H15N5S/c1-2-4-12(5-3-1)15-18-17-14-9-19(6-7-20(14)15)8-13-10-21-11-16-13/h1-5,10-11H,6-9H2. The van der Waals surface area contributed by atoms with E-state index in [0.29, 0.717) is 0 Å². The number of fused-ring (bicyclic) bond motifs is 1. The molecule has 3 aromatic rings. The van der Waals surface area contributed by atoms with Crippen molar-refractivity contribution < 1.29 is 0 Å². The molecule has 106 valence electrons. The Morgan fingerprint density at radius 3 is 2.81 bits per heavy atom. The highest BCUT2D eigenvalue weighted by Gasteiger charge is 2.22. The van der Waals surface area contributed by atoms with Crippen LogP contribution in [0.4, 0.5) is 0 Å². The molecule has 0 amide bonds. The van der Waals surface area contributed by atoms with E-state index in [1.54, 1.807) is 11.3 Å². The molecule has 0 saturated heterocycles. The zero-order chi connectivity index (χ0) is 14.1. The summed E-state index contributed by atoms with van der Waals surface area (Å²) in [6.45, 7) is 3.65. The fourth-order valence-corrected chi connectivity index (χ4v) is 3.24. The first-order chi connectivity index (χ1) is 10.4. The van der Waals surface area contributed by atoms with Crippen molar-refractivity contribution in [1.29, 1.82) is 0 Å². The first kappa shape index (κ1) is 12.7. The SMILES string of the molecule is c1ccc(-c2nnc3n2CCN(Cc2cscn2)C3)cc1. The molecule has 0 bridgehead atoms. The number of hydrogen-bond acceptors (Lipinski definition) is 5. The average molecular weight is 297 g/mol. The van der Waals surface area contributed by atoms with Gasteiger partial charge in [-0.05, 0) is 0 Å². The van der Waals surface area contributed by atoms with Gasteiger partial charge in [-0.2, -0.15) is 0 Å². The highest BCUT2D eigenvalue weighted by Crippen LogP contribution is 2.22. The topological polar surface area (TPSA) is 46.8 Å². The summed E-state index contributed by atoms with van der Waals surface area (Å²) in [5.41, 5.74) is 4.15. The minimum absolute atomic E-state index is 0.831. The number of thiazole rings is 1. The molecule has 1 aliphatic heterocycles. The predicted molar refractivity (Wildman–Crippen MR) is 81.7 cm³/mol. The first-order valence-electron chi connectivity index (χ1n) is 6.97. The van der Waals surface area contributed by atoms with Crippen LogP contribution in [0.5, 0.6) is 0 Å². The maximum Gasteiger partial charge on any atom is 0.164 e. The summed E-state index contributed by atoms with van der Waals surface area (Å²) < 4.78 is 2.23. The first-order valence-corrected chi connectivity index (χ1v) is 7.91. The molecule has 0 aliphatic carbocycles. The van der Waals surface area contributed by atoms with Crippen molar-refractivity contribution in [2.24, 2.45) is 0 Å². The van der Waals surface area contributed by atoms with Crippen molar-refractivity contribution in [3.8, 4) is 11.4 Å². The van der Waals surface area contributed by atoms with Crippen molar-refractivity contribution in [3.05, 3.63) is 52.7 Å². The van der Waals surface area contributed by atoms with Crippen LogP contribution in [0, 0.1) is 0 Å². The Morgan fingerprint density at radius 2 is 2.00 bits per heavy atom. The Labute approximate surface area is 126 Å². The molecule has 0 unspecified atom stereocenters. The van der Waals surface area contributed by atoms with Gasteiger partial charge in [-0.3, -0.25) is 4.90 Å². The Hall–Kier alpha value is -2.05. The Morgan fingerprint density at radius 1 is 1.10 bits per heavy atom. The molecule has 4 rings (SSSR count). The van der Waals surface area contributed by atoms with Crippen LogP contribution in [0.1, 0.15) is 11.5 Å². The second-order valence-corrected chi connectivity index (χ2v) is 5.87. The highest BCUT2D eigenvalue weighted by atomic mass is 32.1. The van der Waals surface area contributed by atoms with E-state index >= 15 is 0 Å². The van der Waals surface area contributed by atoms with Crippen molar-refractivity contribution in [2.45, 2.75) is 19.6 Å². The van der Waals surface area contributed by atoms with Crippen molar-refractivity contribution >= 4 is 11.3 Å². The molecule has 0 saturated carbocycles. The number of benzene rings is 1. The minimum Gasteiger partial charge on any atom is -0.309 e. The summed E-state index contributed by atoms with van der Waals surface area (Å²) in [6.07, 6.45) is 0. The van der Waals surface area contributed by atoms with Crippen LogP contribution in [-0.4, -0.2) is 31.2 Å². The molecule has 0 N–H and O–H groups in total. The molecule has 0 radical (unpaired) electrons. The third kappa shape index (κ3) is 2.48. The summed E-state index contributed by atoms with van der Waals surface area (Å²) in [4.78, 5) is 6.72. The Balaban J connectivity index is 1.56. The van der Waals surface area contributed by atoms with E-state index in [1.807, 2.05) is 23.7 Å². The van der Waals surface area contributed by atoms with Crippen molar-refractivity contribution in [3.63, 3.8) is 0 Å². The Bertz CT molecular complexity index is 720. The molecule has 1 aromatic carbocycles. The fourth-order valence-electron chi connectivity index (χ4n) is 2.69. The summed E-state index contributed by atoms with van der Waals surface area (Å²) in [5, 5.41) is 10.8. The zero-order valence-corrected chi connectivity index (χ0v) is 12.3. The van der Waals surface area contributed by atoms with Crippen LogP contribution >= 0.6 is 11.3 Å². The lowest BCUT2D eigenvalue weighted by Gasteiger charge is -2.27. The third-order valence-electron chi connectivity index (χ3n) is 3.73. The fraction of sp³-hybridized carbons (Fsp3) is 0.267. The van der Waals surface area contributed by atoms with E-state index in [1.165, 1.54) is 0 Å². The van der Waals surface area contributed by atoms with E-state index in [9.17, 15) is 0 Å². The maximum atomic E-state index is 4.37. The van der Waals surface area contributed by atoms with Crippen LogP contribution in [0.25, 0.3) is 11.4 Å². The van der Waals surface area contributed by atoms with Crippen LogP contribution in [0.3, 0.4) is 0 Å². The molecule has 0 spiro atoms. The largest absolute Gasteiger partial charge is 0.309 e. The molecule has 21 heavy (non-hydrogen) atoms. The molecule has 1 aliphatic rings.